The van der Waals surface area contributed by atoms with E-state index in [4.69, 9.17) is 0 Å². The van der Waals surface area contributed by atoms with Crippen LogP contribution in [0.15, 0.2) is 12.7 Å². The summed E-state index contributed by atoms with van der Waals surface area (Å²) in [6.07, 6.45) is 4.01. The van der Waals surface area contributed by atoms with E-state index >= 15 is 0 Å². The van der Waals surface area contributed by atoms with Crippen LogP contribution in [0.3, 0.4) is 0 Å². The molecule has 0 aromatic heterocycles. The zero-order valence-electron chi connectivity index (χ0n) is 7.45. The Kier molecular flexibility index (Phi) is 2.20. The molecule has 1 aliphatic heterocycles. The third-order valence-corrected chi connectivity index (χ3v) is 3.19. The van der Waals surface area contributed by atoms with Crippen molar-refractivity contribution in [3.8, 4) is 0 Å². The van der Waals surface area contributed by atoms with Crippen molar-refractivity contribution < 1.29 is 5.11 Å². The average molecular weight is 167 g/mol. The summed E-state index contributed by atoms with van der Waals surface area (Å²) in [5.41, 5.74) is 0. The second-order valence-corrected chi connectivity index (χ2v) is 4.15. The summed E-state index contributed by atoms with van der Waals surface area (Å²) in [4.78, 5) is 2.44. The smallest absolute Gasteiger partial charge is 0.0546 e. The fourth-order valence-electron chi connectivity index (χ4n) is 2.70. The van der Waals surface area contributed by atoms with E-state index in [0.717, 1.165) is 31.2 Å². The first kappa shape index (κ1) is 8.27. The van der Waals surface area contributed by atoms with Crippen molar-refractivity contribution in [2.24, 2.45) is 11.8 Å². The van der Waals surface area contributed by atoms with Crippen molar-refractivity contribution in [2.75, 3.05) is 19.6 Å². The Labute approximate surface area is 73.9 Å². The van der Waals surface area contributed by atoms with Crippen LogP contribution in [-0.2, 0) is 0 Å². The number of fused-ring (bicyclic) bond motifs is 1. The molecule has 1 saturated heterocycles. The highest BCUT2D eigenvalue weighted by molar-refractivity contribution is 4.93. The van der Waals surface area contributed by atoms with Crippen LogP contribution in [0.5, 0.6) is 0 Å². The van der Waals surface area contributed by atoms with Crippen molar-refractivity contribution in [1.82, 2.24) is 4.90 Å². The van der Waals surface area contributed by atoms with Gasteiger partial charge < -0.3 is 5.11 Å². The second-order valence-electron chi connectivity index (χ2n) is 4.15. The molecular formula is C10H17NO. The predicted octanol–water partition coefficient (Wildman–Crippen LogP) is 0.875. The number of nitrogens with zero attached hydrogens (tertiary/aromatic N) is 1. The maximum atomic E-state index is 9.41. The molecule has 0 aromatic carbocycles. The first-order valence-electron chi connectivity index (χ1n) is 4.81. The molecule has 1 N–H and O–H groups in total. The van der Waals surface area contributed by atoms with Crippen molar-refractivity contribution in [3.05, 3.63) is 12.7 Å². The minimum absolute atomic E-state index is 0.00844. The molecule has 1 heterocycles. The molecule has 2 fully saturated rings. The van der Waals surface area contributed by atoms with Crippen LogP contribution in [0, 0.1) is 11.8 Å². The molecule has 2 nitrogen and oxygen atoms in total. The molecule has 1 saturated carbocycles. The zero-order chi connectivity index (χ0) is 8.55. The molecule has 68 valence electrons. The van der Waals surface area contributed by atoms with E-state index in [1.54, 1.807) is 0 Å². The van der Waals surface area contributed by atoms with Gasteiger partial charge >= 0.3 is 0 Å². The van der Waals surface area contributed by atoms with Crippen molar-refractivity contribution in [3.63, 3.8) is 0 Å². The lowest BCUT2D eigenvalue weighted by Crippen LogP contribution is -2.22. The number of hydrogen-bond donors (Lipinski definition) is 1. The van der Waals surface area contributed by atoms with Crippen LogP contribution in [-0.4, -0.2) is 35.7 Å². The van der Waals surface area contributed by atoms with Crippen LogP contribution in [0.25, 0.3) is 0 Å². The third-order valence-electron chi connectivity index (χ3n) is 3.19. The molecule has 2 unspecified atom stereocenters. The van der Waals surface area contributed by atoms with E-state index in [2.05, 4.69) is 11.5 Å². The van der Waals surface area contributed by atoms with Crippen molar-refractivity contribution >= 4 is 0 Å². The quantitative estimate of drug-likeness (QED) is 0.617. The minimum Gasteiger partial charge on any atom is -0.393 e. The van der Waals surface area contributed by atoms with Gasteiger partial charge in [-0.05, 0) is 24.7 Å². The van der Waals surface area contributed by atoms with Crippen LogP contribution >= 0.6 is 0 Å². The lowest BCUT2D eigenvalue weighted by Gasteiger charge is -2.14. The van der Waals surface area contributed by atoms with Crippen LogP contribution in [0.4, 0.5) is 0 Å². The maximum absolute atomic E-state index is 9.41. The Hall–Kier alpha value is -0.340. The molecule has 0 bridgehead atoms. The van der Waals surface area contributed by atoms with Crippen LogP contribution < -0.4 is 0 Å². The highest BCUT2D eigenvalue weighted by atomic mass is 16.3. The summed E-state index contributed by atoms with van der Waals surface area (Å²) in [5, 5.41) is 9.41. The number of aliphatic hydroxyl groups is 1. The van der Waals surface area contributed by atoms with E-state index < -0.39 is 0 Å². The summed E-state index contributed by atoms with van der Waals surface area (Å²) >= 11 is 0. The van der Waals surface area contributed by atoms with E-state index in [9.17, 15) is 5.11 Å². The Morgan fingerprint density at radius 3 is 2.42 bits per heavy atom. The Morgan fingerprint density at radius 1 is 1.33 bits per heavy atom. The van der Waals surface area contributed by atoms with Gasteiger partial charge in [0.1, 0.15) is 0 Å². The fraction of sp³-hybridized carbons (Fsp3) is 0.800. The topological polar surface area (TPSA) is 23.5 Å². The molecule has 0 aromatic rings. The Morgan fingerprint density at radius 2 is 1.92 bits per heavy atom. The van der Waals surface area contributed by atoms with Gasteiger partial charge in [-0.3, -0.25) is 4.90 Å². The third kappa shape index (κ3) is 1.41. The lowest BCUT2D eigenvalue weighted by atomic mass is 10.0. The SMILES string of the molecule is C=CCN1CC2CC(O)CC2C1. The summed E-state index contributed by atoms with van der Waals surface area (Å²) < 4.78 is 0. The number of likely N-dealkylation sites (tertiary alicyclic amines) is 1. The lowest BCUT2D eigenvalue weighted by molar-refractivity contribution is 0.164. The van der Waals surface area contributed by atoms with Gasteiger partial charge in [-0.25, -0.2) is 0 Å². The van der Waals surface area contributed by atoms with Gasteiger partial charge in [-0.15, -0.1) is 6.58 Å². The fourth-order valence-corrected chi connectivity index (χ4v) is 2.70. The Bertz CT molecular complexity index is 167. The van der Waals surface area contributed by atoms with Gasteiger partial charge in [-0.2, -0.15) is 0 Å². The molecule has 2 rings (SSSR count). The zero-order valence-corrected chi connectivity index (χ0v) is 7.45. The molecule has 2 atom stereocenters. The summed E-state index contributed by atoms with van der Waals surface area (Å²) in [7, 11) is 0. The Balaban J connectivity index is 1.89. The van der Waals surface area contributed by atoms with Gasteiger partial charge in [0, 0.05) is 19.6 Å². The molecule has 12 heavy (non-hydrogen) atoms. The number of hydrogen-bond acceptors (Lipinski definition) is 2. The van der Waals surface area contributed by atoms with Gasteiger partial charge in [-0.1, -0.05) is 6.08 Å². The molecule has 2 aliphatic rings. The normalized spacial score (nSPS) is 41.6. The number of rotatable bonds is 2. The molecule has 2 heteroatoms. The molecule has 0 amide bonds. The first-order chi connectivity index (χ1) is 5.79. The highest BCUT2D eigenvalue weighted by Gasteiger charge is 2.39. The number of aliphatic hydroxyl groups excluding tert-OH is 1. The summed E-state index contributed by atoms with van der Waals surface area (Å²) in [6, 6.07) is 0. The highest BCUT2D eigenvalue weighted by Crippen LogP contribution is 2.37. The first-order valence-corrected chi connectivity index (χ1v) is 4.81. The summed E-state index contributed by atoms with van der Waals surface area (Å²) in [5.74, 6) is 1.53. The average Bonchev–Trinajstić information content (AvgIpc) is 2.44. The van der Waals surface area contributed by atoms with E-state index in [1.807, 2.05) is 6.08 Å². The second kappa shape index (κ2) is 3.19. The van der Waals surface area contributed by atoms with E-state index in [0.29, 0.717) is 0 Å². The van der Waals surface area contributed by atoms with Gasteiger partial charge in [0.05, 0.1) is 6.10 Å². The molecule has 0 radical (unpaired) electrons. The predicted molar refractivity (Wildman–Crippen MR) is 48.9 cm³/mol. The monoisotopic (exact) mass is 167 g/mol. The van der Waals surface area contributed by atoms with E-state index in [-0.39, 0.29) is 6.10 Å². The largest absolute Gasteiger partial charge is 0.393 e. The standard InChI is InChI=1S/C10H17NO/c1-2-3-11-6-8-4-10(12)5-9(8)7-11/h2,8-10,12H,1,3-7H2. The van der Waals surface area contributed by atoms with Gasteiger partial charge in [0.2, 0.25) is 0 Å². The van der Waals surface area contributed by atoms with Gasteiger partial charge in [0.25, 0.3) is 0 Å². The molecule has 0 spiro atoms. The molecular weight excluding hydrogens is 150 g/mol. The summed E-state index contributed by atoms with van der Waals surface area (Å²) in [6.45, 7) is 7.11. The van der Waals surface area contributed by atoms with Crippen molar-refractivity contribution in [2.45, 2.75) is 18.9 Å². The molecule has 1 aliphatic carbocycles. The van der Waals surface area contributed by atoms with Crippen LogP contribution in [0.1, 0.15) is 12.8 Å². The maximum Gasteiger partial charge on any atom is 0.0546 e. The van der Waals surface area contributed by atoms with Crippen LogP contribution in [0.2, 0.25) is 0 Å². The van der Waals surface area contributed by atoms with Crippen molar-refractivity contribution in [1.29, 1.82) is 0 Å². The minimum atomic E-state index is -0.00844. The van der Waals surface area contributed by atoms with E-state index in [1.165, 1.54) is 13.1 Å². The van der Waals surface area contributed by atoms with Gasteiger partial charge in [0.15, 0.2) is 0 Å².